The van der Waals surface area contributed by atoms with Gasteiger partial charge in [0.2, 0.25) is 0 Å². The highest BCUT2D eigenvalue weighted by Crippen LogP contribution is 2.26. The molecule has 0 radical (unpaired) electrons. The quantitative estimate of drug-likeness (QED) is 0.793. The molecule has 25 heavy (non-hydrogen) atoms. The summed E-state index contributed by atoms with van der Waals surface area (Å²) >= 11 is 3.34. The van der Waals surface area contributed by atoms with Crippen molar-refractivity contribution < 1.29 is 13.9 Å². The van der Waals surface area contributed by atoms with Gasteiger partial charge in [-0.05, 0) is 55.4 Å². The first-order valence-corrected chi connectivity index (χ1v) is 8.66. The van der Waals surface area contributed by atoms with E-state index < -0.39 is 5.82 Å². The van der Waals surface area contributed by atoms with Gasteiger partial charge in [-0.1, -0.05) is 15.9 Å². The second kappa shape index (κ2) is 9.17. The number of halogens is 3. The minimum Gasteiger partial charge on any atom is -0.454 e. The van der Waals surface area contributed by atoms with E-state index in [0.29, 0.717) is 24.4 Å². The fraction of sp³-hybridized carbons (Fsp3) is 0.278. The number of nitrogens with one attached hydrogen (secondary N) is 1. The molecule has 0 saturated carbocycles. The molecule has 0 aliphatic carbocycles. The normalized spacial score (nSPS) is 14.4. The maximum absolute atomic E-state index is 14.3. The van der Waals surface area contributed by atoms with Gasteiger partial charge < -0.3 is 15.0 Å². The Labute approximate surface area is 160 Å². The van der Waals surface area contributed by atoms with Gasteiger partial charge in [0.05, 0.1) is 0 Å². The van der Waals surface area contributed by atoms with E-state index in [2.05, 4.69) is 21.2 Å². The third kappa shape index (κ3) is 5.17. The van der Waals surface area contributed by atoms with Crippen molar-refractivity contribution in [3.63, 3.8) is 0 Å². The maximum atomic E-state index is 14.3. The van der Waals surface area contributed by atoms with Gasteiger partial charge in [0.1, 0.15) is 5.75 Å². The van der Waals surface area contributed by atoms with Crippen molar-refractivity contribution in [2.45, 2.75) is 6.42 Å². The summed E-state index contributed by atoms with van der Waals surface area (Å²) in [6, 6.07) is 11.5. The van der Waals surface area contributed by atoms with E-state index in [0.717, 1.165) is 24.0 Å². The molecule has 1 saturated heterocycles. The van der Waals surface area contributed by atoms with Crippen LogP contribution < -0.4 is 10.1 Å². The molecule has 1 N–H and O–H groups in total. The molecule has 1 heterocycles. The number of carbonyl (C=O) groups excluding carboxylic acids is 1. The second-order valence-corrected chi connectivity index (χ2v) is 6.51. The zero-order chi connectivity index (χ0) is 16.9. The van der Waals surface area contributed by atoms with Crippen molar-refractivity contribution in [2.75, 3.05) is 26.2 Å². The zero-order valence-corrected chi connectivity index (χ0v) is 15.9. The number of carbonyl (C=O) groups is 1. The van der Waals surface area contributed by atoms with Gasteiger partial charge in [-0.3, -0.25) is 4.79 Å². The molecule has 0 spiro atoms. The molecule has 1 aliphatic heterocycles. The highest BCUT2D eigenvalue weighted by Gasteiger charge is 2.18. The molecule has 3 rings (SSSR count). The Hall–Kier alpha value is -1.63. The van der Waals surface area contributed by atoms with E-state index in [1.165, 1.54) is 12.1 Å². The van der Waals surface area contributed by atoms with Gasteiger partial charge in [0.25, 0.3) is 5.91 Å². The van der Waals surface area contributed by atoms with E-state index in [1.54, 1.807) is 23.1 Å². The van der Waals surface area contributed by atoms with Crippen LogP contribution in [0.1, 0.15) is 16.8 Å². The van der Waals surface area contributed by atoms with Gasteiger partial charge in [-0.25, -0.2) is 4.39 Å². The van der Waals surface area contributed by atoms with Crippen LogP contribution in [0.15, 0.2) is 46.9 Å². The van der Waals surface area contributed by atoms with Gasteiger partial charge in [0, 0.05) is 29.7 Å². The lowest BCUT2D eigenvalue weighted by atomic mass is 10.1. The van der Waals surface area contributed by atoms with Crippen LogP contribution in [0, 0.1) is 5.82 Å². The third-order valence-electron chi connectivity index (χ3n) is 3.85. The van der Waals surface area contributed by atoms with Gasteiger partial charge >= 0.3 is 0 Å². The Morgan fingerprint density at radius 3 is 2.60 bits per heavy atom. The molecule has 134 valence electrons. The molecular formula is C18H19BrClFN2O2. The summed E-state index contributed by atoms with van der Waals surface area (Å²) < 4.78 is 20.8. The summed E-state index contributed by atoms with van der Waals surface area (Å²) in [5.74, 6) is -0.0503. The Kier molecular flexibility index (Phi) is 7.23. The van der Waals surface area contributed by atoms with Crippen LogP contribution in [0.5, 0.6) is 11.5 Å². The van der Waals surface area contributed by atoms with Crippen molar-refractivity contribution >= 4 is 34.2 Å². The predicted octanol–water partition coefficient (Wildman–Crippen LogP) is 4.24. The number of hydrogen-bond donors (Lipinski definition) is 1. The Bertz CT molecular complexity index is 720. The summed E-state index contributed by atoms with van der Waals surface area (Å²) in [7, 11) is 0. The third-order valence-corrected chi connectivity index (χ3v) is 4.38. The molecule has 4 nitrogen and oxygen atoms in total. The molecule has 0 bridgehead atoms. The fourth-order valence-electron chi connectivity index (χ4n) is 2.58. The van der Waals surface area contributed by atoms with Crippen LogP contribution in [-0.2, 0) is 0 Å². The van der Waals surface area contributed by atoms with Crippen molar-refractivity contribution in [1.82, 2.24) is 10.2 Å². The molecule has 1 amide bonds. The van der Waals surface area contributed by atoms with Crippen LogP contribution >= 0.6 is 28.3 Å². The highest BCUT2D eigenvalue weighted by atomic mass is 79.9. The highest BCUT2D eigenvalue weighted by molar-refractivity contribution is 9.10. The molecule has 7 heteroatoms. The van der Waals surface area contributed by atoms with Crippen LogP contribution in [0.2, 0.25) is 0 Å². The first kappa shape index (κ1) is 19.7. The second-order valence-electron chi connectivity index (χ2n) is 5.60. The maximum Gasteiger partial charge on any atom is 0.254 e. The SMILES string of the molecule is Cl.O=C(c1ccc(Oc2ccc(Br)cc2)c(F)c1)N1CCCNCC1. The van der Waals surface area contributed by atoms with Gasteiger partial charge in [0.15, 0.2) is 11.6 Å². The first-order chi connectivity index (χ1) is 11.6. The molecule has 0 aromatic heterocycles. The lowest BCUT2D eigenvalue weighted by Crippen LogP contribution is -2.34. The molecular weight excluding hydrogens is 411 g/mol. The standard InChI is InChI=1S/C18H18BrFN2O2.ClH/c19-14-3-5-15(6-4-14)24-17-7-2-13(12-16(17)20)18(23)22-10-1-8-21-9-11-22;/h2-7,12,21H,1,8-11H2;1H. The molecule has 0 unspecified atom stereocenters. The fourth-order valence-corrected chi connectivity index (χ4v) is 2.84. The van der Waals surface area contributed by atoms with Crippen LogP contribution in [0.3, 0.4) is 0 Å². The van der Waals surface area contributed by atoms with Crippen molar-refractivity contribution in [1.29, 1.82) is 0 Å². The number of nitrogens with zero attached hydrogens (tertiary/aromatic N) is 1. The smallest absolute Gasteiger partial charge is 0.254 e. The average molecular weight is 430 g/mol. The lowest BCUT2D eigenvalue weighted by molar-refractivity contribution is 0.0766. The van der Waals surface area contributed by atoms with E-state index >= 15 is 0 Å². The summed E-state index contributed by atoms with van der Waals surface area (Å²) in [4.78, 5) is 14.3. The van der Waals surface area contributed by atoms with Crippen LogP contribution in [0.4, 0.5) is 4.39 Å². The molecule has 0 atom stereocenters. The minimum atomic E-state index is -0.545. The summed E-state index contributed by atoms with van der Waals surface area (Å²) in [6.45, 7) is 2.99. The Balaban J connectivity index is 0.00000225. The molecule has 1 fully saturated rings. The topological polar surface area (TPSA) is 41.6 Å². The molecule has 1 aliphatic rings. The average Bonchev–Trinajstić information content (AvgIpc) is 2.87. The van der Waals surface area contributed by atoms with E-state index in [9.17, 15) is 9.18 Å². The summed E-state index contributed by atoms with van der Waals surface area (Å²) in [5, 5.41) is 3.24. The van der Waals surface area contributed by atoms with E-state index in [4.69, 9.17) is 4.74 Å². The lowest BCUT2D eigenvalue weighted by Gasteiger charge is -2.20. The monoisotopic (exact) mass is 428 g/mol. The minimum absolute atomic E-state index is 0. The number of ether oxygens (including phenoxy) is 1. The van der Waals surface area contributed by atoms with Crippen molar-refractivity contribution in [3.8, 4) is 11.5 Å². The number of hydrogen-bond acceptors (Lipinski definition) is 3. The van der Waals surface area contributed by atoms with E-state index in [1.807, 2.05) is 12.1 Å². The van der Waals surface area contributed by atoms with Crippen LogP contribution in [0.25, 0.3) is 0 Å². The Morgan fingerprint density at radius 2 is 1.88 bits per heavy atom. The first-order valence-electron chi connectivity index (χ1n) is 7.86. The van der Waals surface area contributed by atoms with Crippen LogP contribution in [-0.4, -0.2) is 37.0 Å². The predicted molar refractivity (Wildman–Crippen MR) is 101 cm³/mol. The summed E-state index contributed by atoms with van der Waals surface area (Å²) in [5.41, 5.74) is 0.345. The molecule has 2 aromatic rings. The molecule has 2 aromatic carbocycles. The number of rotatable bonds is 3. The van der Waals surface area contributed by atoms with Gasteiger partial charge in [-0.2, -0.15) is 0 Å². The number of benzene rings is 2. The Morgan fingerprint density at radius 1 is 1.12 bits per heavy atom. The van der Waals surface area contributed by atoms with Crippen molar-refractivity contribution in [2.24, 2.45) is 0 Å². The number of amides is 1. The van der Waals surface area contributed by atoms with Crippen molar-refractivity contribution in [3.05, 3.63) is 58.3 Å². The van der Waals surface area contributed by atoms with Gasteiger partial charge in [-0.15, -0.1) is 12.4 Å². The van der Waals surface area contributed by atoms with E-state index in [-0.39, 0.29) is 24.1 Å². The summed E-state index contributed by atoms with van der Waals surface area (Å²) in [6.07, 6.45) is 0.902. The zero-order valence-electron chi connectivity index (χ0n) is 13.5. The largest absolute Gasteiger partial charge is 0.454 e.